The first-order valence-electron chi connectivity index (χ1n) is 4.77. The molecule has 0 bridgehead atoms. The smallest absolute Gasteiger partial charge is 0.204 e. The molecule has 0 aromatic heterocycles. The molecule has 1 aromatic rings. The molecule has 90 valence electrons. The molecular weight excluding hydrogens is 276 g/mol. The average Bonchev–Trinajstić information content (AvgIpc) is 2.31. The Labute approximate surface area is 103 Å². The normalized spacial score (nSPS) is 10.1. The van der Waals surface area contributed by atoms with Crippen molar-refractivity contribution >= 4 is 15.9 Å². The molecule has 0 unspecified atom stereocenters. The van der Waals surface area contributed by atoms with E-state index in [0.29, 0.717) is 23.7 Å². The lowest BCUT2D eigenvalue weighted by molar-refractivity contribution is 0.297. The van der Waals surface area contributed by atoms with E-state index in [1.807, 2.05) is 6.07 Å². The largest absolute Gasteiger partial charge is 0.493 e. The second kappa shape index (κ2) is 5.96. The summed E-state index contributed by atoms with van der Waals surface area (Å²) in [6.45, 7) is 0.0667. The predicted octanol–water partition coefficient (Wildman–Crippen LogP) is 2.01. The minimum atomic E-state index is 0.0667. The van der Waals surface area contributed by atoms with Crippen LogP contribution >= 0.6 is 15.9 Å². The van der Waals surface area contributed by atoms with Gasteiger partial charge in [0.15, 0.2) is 11.5 Å². The van der Waals surface area contributed by atoms with E-state index in [9.17, 15) is 0 Å². The van der Waals surface area contributed by atoms with Crippen LogP contribution in [0, 0.1) is 0 Å². The fourth-order valence-corrected chi connectivity index (χ4v) is 2.13. The van der Waals surface area contributed by atoms with E-state index >= 15 is 0 Å². The second-order valence-electron chi connectivity index (χ2n) is 3.09. The van der Waals surface area contributed by atoms with Crippen LogP contribution in [0.15, 0.2) is 10.5 Å². The van der Waals surface area contributed by atoms with Crippen molar-refractivity contribution in [2.45, 2.75) is 6.42 Å². The predicted molar refractivity (Wildman–Crippen MR) is 64.6 cm³/mol. The van der Waals surface area contributed by atoms with Crippen LogP contribution in [0.5, 0.6) is 17.2 Å². The Morgan fingerprint density at radius 3 is 2.19 bits per heavy atom. The highest BCUT2D eigenvalue weighted by atomic mass is 79.9. The molecule has 0 amide bonds. The molecule has 0 spiro atoms. The van der Waals surface area contributed by atoms with Gasteiger partial charge in [-0.1, -0.05) is 0 Å². The molecule has 5 heteroatoms. The van der Waals surface area contributed by atoms with Gasteiger partial charge in [-0.3, -0.25) is 0 Å². The number of methoxy groups -OCH3 is 3. The summed E-state index contributed by atoms with van der Waals surface area (Å²) >= 11 is 3.43. The molecule has 0 aliphatic rings. The molecule has 1 N–H and O–H groups in total. The first-order chi connectivity index (χ1) is 7.69. The molecule has 0 aliphatic heterocycles. The van der Waals surface area contributed by atoms with Crippen molar-refractivity contribution in [2.24, 2.45) is 0 Å². The van der Waals surface area contributed by atoms with Crippen molar-refractivity contribution in [1.29, 1.82) is 0 Å². The van der Waals surface area contributed by atoms with Crippen molar-refractivity contribution in [3.63, 3.8) is 0 Å². The minimum absolute atomic E-state index is 0.0667. The van der Waals surface area contributed by atoms with E-state index < -0.39 is 0 Å². The van der Waals surface area contributed by atoms with Crippen LogP contribution in [0.3, 0.4) is 0 Å². The van der Waals surface area contributed by atoms with Crippen molar-refractivity contribution < 1.29 is 19.3 Å². The Morgan fingerprint density at radius 2 is 1.75 bits per heavy atom. The number of hydrogen-bond acceptors (Lipinski definition) is 4. The molecule has 1 aromatic carbocycles. The number of halogens is 1. The standard InChI is InChI=1S/C11H15BrO4/c1-14-8-6-7(4-5-13)9(12)11(16-3)10(8)15-2/h6,13H,4-5H2,1-3H3. The summed E-state index contributed by atoms with van der Waals surface area (Å²) < 4.78 is 16.5. The number of hydrogen-bond donors (Lipinski definition) is 1. The van der Waals surface area contributed by atoms with Gasteiger partial charge in [0.05, 0.1) is 25.8 Å². The van der Waals surface area contributed by atoms with Gasteiger partial charge in [-0.2, -0.15) is 0 Å². The van der Waals surface area contributed by atoms with Crippen LogP contribution in [-0.4, -0.2) is 33.0 Å². The zero-order valence-electron chi connectivity index (χ0n) is 9.54. The van der Waals surface area contributed by atoms with E-state index in [4.69, 9.17) is 19.3 Å². The third kappa shape index (κ3) is 2.41. The highest BCUT2D eigenvalue weighted by molar-refractivity contribution is 9.10. The monoisotopic (exact) mass is 290 g/mol. The third-order valence-corrected chi connectivity index (χ3v) is 3.10. The number of rotatable bonds is 5. The van der Waals surface area contributed by atoms with E-state index in [0.717, 1.165) is 10.0 Å². The summed E-state index contributed by atoms with van der Waals surface area (Å²) in [7, 11) is 4.68. The first-order valence-corrected chi connectivity index (χ1v) is 5.57. The van der Waals surface area contributed by atoms with Crippen molar-refractivity contribution in [3.8, 4) is 17.2 Å². The molecule has 0 aliphatic carbocycles. The van der Waals surface area contributed by atoms with Gasteiger partial charge in [0.25, 0.3) is 0 Å². The first kappa shape index (κ1) is 13.1. The maximum atomic E-state index is 8.96. The quantitative estimate of drug-likeness (QED) is 0.901. The number of ether oxygens (including phenoxy) is 3. The summed E-state index contributed by atoms with van der Waals surface area (Å²) in [5, 5.41) is 8.96. The number of aliphatic hydroxyl groups excluding tert-OH is 1. The van der Waals surface area contributed by atoms with Gasteiger partial charge in [0.2, 0.25) is 5.75 Å². The maximum absolute atomic E-state index is 8.96. The van der Waals surface area contributed by atoms with Gasteiger partial charge in [0, 0.05) is 6.61 Å². The molecule has 1 rings (SSSR count). The van der Waals surface area contributed by atoms with E-state index in [1.54, 1.807) is 21.3 Å². The lowest BCUT2D eigenvalue weighted by Gasteiger charge is -2.16. The summed E-state index contributed by atoms with van der Waals surface area (Å²) in [6.07, 6.45) is 0.525. The lowest BCUT2D eigenvalue weighted by Crippen LogP contribution is -2.00. The molecule has 0 heterocycles. The topological polar surface area (TPSA) is 47.9 Å². The zero-order valence-corrected chi connectivity index (χ0v) is 11.1. The van der Waals surface area contributed by atoms with Crippen LogP contribution in [-0.2, 0) is 6.42 Å². The Kier molecular flexibility index (Phi) is 4.89. The molecule has 0 saturated carbocycles. The number of aliphatic hydroxyl groups is 1. The SMILES string of the molecule is COc1cc(CCO)c(Br)c(OC)c1OC. The van der Waals surface area contributed by atoms with Gasteiger partial charge in [-0.25, -0.2) is 0 Å². The van der Waals surface area contributed by atoms with Gasteiger partial charge in [0.1, 0.15) is 0 Å². The molecule has 0 saturated heterocycles. The summed E-state index contributed by atoms with van der Waals surface area (Å²) in [5.74, 6) is 1.70. The number of benzene rings is 1. The van der Waals surface area contributed by atoms with Gasteiger partial charge >= 0.3 is 0 Å². The summed E-state index contributed by atoms with van der Waals surface area (Å²) in [6, 6.07) is 1.82. The van der Waals surface area contributed by atoms with Crippen LogP contribution in [0.4, 0.5) is 0 Å². The lowest BCUT2D eigenvalue weighted by atomic mass is 10.1. The average molecular weight is 291 g/mol. The molecule has 0 fully saturated rings. The Bertz CT molecular complexity index is 365. The second-order valence-corrected chi connectivity index (χ2v) is 3.89. The van der Waals surface area contributed by atoms with Gasteiger partial charge < -0.3 is 19.3 Å². The molecule has 16 heavy (non-hydrogen) atoms. The Morgan fingerprint density at radius 1 is 1.12 bits per heavy atom. The van der Waals surface area contributed by atoms with Gasteiger partial charge in [-0.15, -0.1) is 0 Å². The van der Waals surface area contributed by atoms with Crippen LogP contribution in [0.2, 0.25) is 0 Å². The molecule has 0 radical (unpaired) electrons. The van der Waals surface area contributed by atoms with E-state index in [-0.39, 0.29) is 6.61 Å². The minimum Gasteiger partial charge on any atom is -0.493 e. The van der Waals surface area contributed by atoms with Gasteiger partial charge in [-0.05, 0) is 34.0 Å². The molecule has 4 nitrogen and oxygen atoms in total. The highest BCUT2D eigenvalue weighted by Crippen LogP contribution is 2.44. The van der Waals surface area contributed by atoms with Crippen LogP contribution < -0.4 is 14.2 Å². The fourth-order valence-electron chi connectivity index (χ4n) is 1.47. The van der Waals surface area contributed by atoms with Crippen molar-refractivity contribution in [1.82, 2.24) is 0 Å². The molecule has 0 atom stereocenters. The Balaban J connectivity index is 3.35. The van der Waals surface area contributed by atoms with E-state index in [2.05, 4.69) is 15.9 Å². The molecular formula is C11H15BrO4. The summed E-state index contributed by atoms with van der Waals surface area (Å²) in [5.41, 5.74) is 0.914. The van der Waals surface area contributed by atoms with Crippen molar-refractivity contribution in [2.75, 3.05) is 27.9 Å². The summed E-state index contributed by atoms with van der Waals surface area (Å²) in [4.78, 5) is 0. The Hall–Kier alpha value is -0.940. The van der Waals surface area contributed by atoms with Crippen LogP contribution in [0.1, 0.15) is 5.56 Å². The van der Waals surface area contributed by atoms with Crippen molar-refractivity contribution in [3.05, 3.63) is 16.1 Å². The maximum Gasteiger partial charge on any atom is 0.204 e. The van der Waals surface area contributed by atoms with Crippen LogP contribution in [0.25, 0.3) is 0 Å². The third-order valence-electron chi connectivity index (χ3n) is 2.23. The highest BCUT2D eigenvalue weighted by Gasteiger charge is 2.18. The van der Waals surface area contributed by atoms with E-state index in [1.165, 1.54) is 0 Å². The fraction of sp³-hybridized carbons (Fsp3) is 0.455. The zero-order chi connectivity index (χ0) is 12.1.